The highest BCUT2D eigenvalue weighted by Gasteiger charge is 2.19. The molecule has 0 bridgehead atoms. The van der Waals surface area contributed by atoms with Gasteiger partial charge in [-0.3, -0.25) is 4.79 Å². The third-order valence-corrected chi connectivity index (χ3v) is 7.57. The summed E-state index contributed by atoms with van der Waals surface area (Å²) in [5.74, 6) is 0.581. The van der Waals surface area contributed by atoms with Crippen molar-refractivity contribution in [3.05, 3.63) is 53.6 Å². The molecule has 0 aliphatic rings. The predicted molar refractivity (Wildman–Crippen MR) is 123 cm³/mol. The number of amides is 1. The molecule has 0 radical (unpaired) electrons. The Morgan fingerprint density at radius 2 is 1.77 bits per heavy atom. The fourth-order valence-corrected chi connectivity index (χ4v) is 4.46. The number of rotatable bonds is 7. The topological polar surface area (TPSA) is 97.2 Å². The number of aryl methyl sites for hydroxylation is 2. The lowest BCUT2D eigenvalue weighted by atomic mass is 10.1. The third-order valence-electron chi connectivity index (χ3n) is 4.74. The summed E-state index contributed by atoms with van der Waals surface area (Å²) in [6, 6.07) is 12.7. The Morgan fingerprint density at radius 3 is 2.42 bits per heavy atom. The maximum atomic E-state index is 12.5. The van der Waals surface area contributed by atoms with Crippen LogP contribution in [0.15, 0.2) is 52.5 Å². The lowest BCUT2D eigenvalue weighted by molar-refractivity contribution is -0.113. The molecule has 10 heteroatoms. The Bertz CT molecular complexity index is 1200. The van der Waals surface area contributed by atoms with E-state index in [9.17, 15) is 13.2 Å². The Balaban J connectivity index is 1.69. The zero-order valence-corrected chi connectivity index (χ0v) is 19.7. The predicted octanol–water partition coefficient (Wildman–Crippen LogP) is 3.08. The Labute approximate surface area is 186 Å². The molecule has 8 nitrogen and oxygen atoms in total. The number of sulfonamides is 1. The second-order valence-corrected chi connectivity index (χ2v) is 10.4. The molecule has 0 atom stereocenters. The molecule has 0 spiro atoms. The summed E-state index contributed by atoms with van der Waals surface area (Å²) in [6.45, 7) is 3.83. The van der Waals surface area contributed by atoms with Gasteiger partial charge in [0.25, 0.3) is 0 Å². The van der Waals surface area contributed by atoms with Gasteiger partial charge in [-0.25, -0.2) is 12.7 Å². The summed E-state index contributed by atoms with van der Waals surface area (Å²) in [5, 5.41) is 11.8. The van der Waals surface area contributed by atoms with Crippen molar-refractivity contribution < 1.29 is 13.2 Å². The van der Waals surface area contributed by atoms with Crippen molar-refractivity contribution in [2.45, 2.75) is 23.9 Å². The summed E-state index contributed by atoms with van der Waals surface area (Å²) < 4.78 is 27.7. The lowest BCUT2D eigenvalue weighted by Crippen LogP contribution is -2.22. The number of aromatic nitrogens is 3. The number of benzene rings is 2. The van der Waals surface area contributed by atoms with Gasteiger partial charge < -0.3 is 9.88 Å². The largest absolute Gasteiger partial charge is 0.325 e. The van der Waals surface area contributed by atoms with Crippen LogP contribution < -0.4 is 5.32 Å². The average molecular weight is 460 g/mol. The normalized spacial score (nSPS) is 11.7. The van der Waals surface area contributed by atoms with Gasteiger partial charge in [-0.1, -0.05) is 47.7 Å². The van der Waals surface area contributed by atoms with Crippen LogP contribution in [0.3, 0.4) is 0 Å². The van der Waals surface area contributed by atoms with Gasteiger partial charge in [0.1, 0.15) is 0 Å². The van der Waals surface area contributed by atoms with E-state index in [-0.39, 0.29) is 16.6 Å². The van der Waals surface area contributed by atoms with Crippen LogP contribution in [0.5, 0.6) is 0 Å². The van der Waals surface area contributed by atoms with E-state index >= 15 is 0 Å². The van der Waals surface area contributed by atoms with E-state index in [1.807, 2.05) is 49.7 Å². The molecule has 0 aliphatic carbocycles. The fraction of sp³-hybridized carbons (Fsp3) is 0.286. The highest BCUT2D eigenvalue weighted by Crippen LogP contribution is 2.25. The van der Waals surface area contributed by atoms with Gasteiger partial charge in [-0.2, -0.15) is 0 Å². The van der Waals surface area contributed by atoms with E-state index in [4.69, 9.17) is 0 Å². The van der Waals surface area contributed by atoms with E-state index in [0.29, 0.717) is 10.8 Å². The number of nitrogens with one attached hydrogen (secondary N) is 1. The molecule has 1 amide bonds. The molecule has 164 valence electrons. The summed E-state index contributed by atoms with van der Waals surface area (Å²) in [7, 11) is 1.21. The number of nitrogens with zero attached hydrogens (tertiary/aromatic N) is 4. The standard InChI is InChI=1S/C21H25N5O3S2/c1-14-6-9-16(10-7-14)20-23-24-21(26(20)5)30-13-19(27)22-18-12-17(11-8-15(18)2)31(28,29)25(3)4/h6-12H,13H2,1-5H3,(H,22,27). The molecule has 3 rings (SSSR count). The molecule has 0 saturated carbocycles. The minimum atomic E-state index is -3.58. The number of thioether (sulfide) groups is 1. The van der Waals surface area contributed by atoms with E-state index in [1.54, 1.807) is 6.07 Å². The minimum absolute atomic E-state index is 0.115. The second-order valence-electron chi connectivity index (χ2n) is 7.33. The summed E-state index contributed by atoms with van der Waals surface area (Å²) in [6.07, 6.45) is 0. The smallest absolute Gasteiger partial charge is 0.242 e. The van der Waals surface area contributed by atoms with Crippen molar-refractivity contribution >= 4 is 33.4 Å². The highest BCUT2D eigenvalue weighted by molar-refractivity contribution is 7.99. The molecule has 2 aromatic carbocycles. The number of hydrogen-bond donors (Lipinski definition) is 1. The minimum Gasteiger partial charge on any atom is -0.325 e. The van der Waals surface area contributed by atoms with Crippen LogP contribution in [-0.2, 0) is 21.9 Å². The van der Waals surface area contributed by atoms with Gasteiger partial charge in [0.15, 0.2) is 11.0 Å². The van der Waals surface area contributed by atoms with Gasteiger partial charge in [-0.15, -0.1) is 10.2 Å². The molecule has 0 fully saturated rings. The molecule has 1 heterocycles. The summed E-state index contributed by atoms with van der Waals surface area (Å²) in [5.41, 5.74) is 3.35. The first-order chi connectivity index (χ1) is 14.6. The van der Waals surface area contributed by atoms with Crippen LogP contribution >= 0.6 is 11.8 Å². The zero-order valence-electron chi connectivity index (χ0n) is 18.1. The van der Waals surface area contributed by atoms with E-state index in [1.165, 1.54) is 38.0 Å². The summed E-state index contributed by atoms with van der Waals surface area (Å²) in [4.78, 5) is 12.6. The summed E-state index contributed by atoms with van der Waals surface area (Å²) >= 11 is 1.26. The number of carbonyl (C=O) groups is 1. The van der Waals surface area contributed by atoms with Crippen LogP contribution in [0.1, 0.15) is 11.1 Å². The molecule has 3 aromatic rings. The molecule has 0 saturated heterocycles. The van der Waals surface area contributed by atoms with Gasteiger partial charge >= 0.3 is 0 Å². The van der Waals surface area contributed by atoms with Crippen LogP contribution in [0, 0.1) is 13.8 Å². The fourth-order valence-electron chi connectivity index (χ4n) is 2.82. The Kier molecular flexibility index (Phi) is 6.83. The van der Waals surface area contributed by atoms with Crippen LogP contribution in [0.25, 0.3) is 11.4 Å². The first-order valence-electron chi connectivity index (χ1n) is 9.52. The highest BCUT2D eigenvalue weighted by atomic mass is 32.2. The monoisotopic (exact) mass is 459 g/mol. The first kappa shape index (κ1) is 23.0. The third kappa shape index (κ3) is 5.15. The zero-order chi connectivity index (χ0) is 22.8. The van der Waals surface area contributed by atoms with Crippen LogP contribution in [0.4, 0.5) is 5.69 Å². The maximum absolute atomic E-state index is 12.5. The van der Waals surface area contributed by atoms with Gasteiger partial charge in [0.05, 0.1) is 10.6 Å². The molecular formula is C21H25N5O3S2. The number of hydrogen-bond acceptors (Lipinski definition) is 6. The van der Waals surface area contributed by atoms with Crippen molar-refractivity contribution in [1.82, 2.24) is 19.1 Å². The molecule has 0 unspecified atom stereocenters. The van der Waals surface area contributed by atoms with E-state index in [2.05, 4.69) is 15.5 Å². The molecule has 1 N–H and O–H groups in total. The second kappa shape index (κ2) is 9.21. The van der Waals surface area contributed by atoms with Crippen molar-refractivity contribution in [2.75, 3.05) is 25.2 Å². The lowest BCUT2D eigenvalue weighted by Gasteiger charge is -2.14. The Morgan fingerprint density at radius 1 is 1.10 bits per heavy atom. The molecular weight excluding hydrogens is 434 g/mol. The Hall–Kier alpha value is -2.69. The molecule has 31 heavy (non-hydrogen) atoms. The molecule has 1 aromatic heterocycles. The van der Waals surface area contributed by atoms with Crippen molar-refractivity contribution in [3.63, 3.8) is 0 Å². The average Bonchev–Trinajstić information content (AvgIpc) is 3.09. The van der Waals surface area contributed by atoms with Crippen LogP contribution in [-0.4, -0.2) is 53.2 Å². The van der Waals surface area contributed by atoms with Crippen molar-refractivity contribution in [3.8, 4) is 11.4 Å². The van der Waals surface area contributed by atoms with Gasteiger partial charge in [-0.05, 0) is 31.5 Å². The van der Waals surface area contributed by atoms with E-state index in [0.717, 1.165) is 26.8 Å². The number of carbonyl (C=O) groups excluding carboxylic acids is 1. The van der Waals surface area contributed by atoms with E-state index < -0.39 is 10.0 Å². The van der Waals surface area contributed by atoms with Crippen LogP contribution in [0.2, 0.25) is 0 Å². The maximum Gasteiger partial charge on any atom is 0.242 e. The van der Waals surface area contributed by atoms with Gasteiger partial charge in [0, 0.05) is 32.4 Å². The molecule has 0 aliphatic heterocycles. The van der Waals surface area contributed by atoms with Crippen molar-refractivity contribution in [1.29, 1.82) is 0 Å². The van der Waals surface area contributed by atoms with Gasteiger partial charge in [0.2, 0.25) is 15.9 Å². The SMILES string of the molecule is Cc1ccc(-c2nnc(SCC(=O)Nc3cc(S(=O)(=O)N(C)C)ccc3C)n2C)cc1. The van der Waals surface area contributed by atoms with Crippen molar-refractivity contribution in [2.24, 2.45) is 7.05 Å². The quantitative estimate of drug-likeness (QED) is 0.546. The first-order valence-corrected chi connectivity index (χ1v) is 11.9. The number of anilines is 1.